The highest BCUT2D eigenvalue weighted by molar-refractivity contribution is 5.05. The molecule has 3 aliphatic rings. The molecule has 0 bridgehead atoms. The number of hydrogen-bond donors (Lipinski definition) is 0. The van der Waals surface area contributed by atoms with E-state index >= 15 is 0 Å². The van der Waals surface area contributed by atoms with Crippen LogP contribution in [0.5, 0.6) is 0 Å². The molecule has 3 heterocycles. The molecule has 6 heteroatoms. The lowest BCUT2D eigenvalue weighted by atomic mass is 9.85. The molecule has 0 aromatic carbocycles. The van der Waals surface area contributed by atoms with Gasteiger partial charge in [-0.2, -0.15) is 0 Å². The van der Waals surface area contributed by atoms with Crippen LogP contribution in [0.15, 0.2) is 0 Å². The maximum Gasteiger partial charge on any atom is 0.146 e. The van der Waals surface area contributed by atoms with Crippen molar-refractivity contribution in [3.05, 3.63) is 11.6 Å². The van der Waals surface area contributed by atoms with Gasteiger partial charge in [-0.1, -0.05) is 6.42 Å². The maximum absolute atomic E-state index is 6.32. The van der Waals surface area contributed by atoms with Gasteiger partial charge in [0, 0.05) is 52.1 Å². The van der Waals surface area contributed by atoms with Gasteiger partial charge in [0.05, 0.1) is 18.2 Å². The number of aromatic nitrogens is 3. The summed E-state index contributed by atoms with van der Waals surface area (Å²) < 4.78 is 14.1. The highest BCUT2D eigenvalue weighted by atomic mass is 16.5. The van der Waals surface area contributed by atoms with Crippen molar-refractivity contribution in [3.63, 3.8) is 0 Å². The predicted molar refractivity (Wildman–Crippen MR) is 86.2 cm³/mol. The molecular formula is C17H28N4O2. The van der Waals surface area contributed by atoms with E-state index in [4.69, 9.17) is 9.47 Å². The minimum atomic E-state index is -0.0225. The molecule has 0 amide bonds. The summed E-state index contributed by atoms with van der Waals surface area (Å²) in [5, 5.41) is 8.94. The number of ether oxygens (including phenoxy) is 2. The smallest absolute Gasteiger partial charge is 0.146 e. The fourth-order valence-electron chi connectivity index (χ4n) is 4.21. The van der Waals surface area contributed by atoms with Crippen LogP contribution < -0.4 is 0 Å². The number of hydrogen-bond acceptors (Lipinski definition) is 5. The quantitative estimate of drug-likeness (QED) is 0.851. The van der Waals surface area contributed by atoms with E-state index < -0.39 is 0 Å². The first kappa shape index (κ1) is 15.5. The Hall–Kier alpha value is -0.980. The molecule has 1 aliphatic carbocycles. The van der Waals surface area contributed by atoms with Crippen LogP contribution in [0.2, 0.25) is 0 Å². The van der Waals surface area contributed by atoms with Gasteiger partial charge in [-0.25, -0.2) is 0 Å². The largest absolute Gasteiger partial charge is 0.381 e. The average molecular weight is 320 g/mol. The summed E-state index contributed by atoms with van der Waals surface area (Å²) in [6.45, 7) is 6.62. The van der Waals surface area contributed by atoms with Crippen LogP contribution in [0.3, 0.4) is 0 Å². The second-order valence-electron chi connectivity index (χ2n) is 7.55. The molecule has 2 saturated heterocycles. The second kappa shape index (κ2) is 6.15. The molecule has 128 valence electrons. The molecule has 1 saturated carbocycles. The first-order valence-corrected chi connectivity index (χ1v) is 9.01. The minimum absolute atomic E-state index is 0.0225. The molecule has 1 unspecified atom stereocenters. The number of rotatable bonds is 3. The van der Waals surface area contributed by atoms with Crippen molar-refractivity contribution in [2.45, 2.75) is 63.2 Å². The Morgan fingerprint density at radius 3 is 2.70 bits per heavy atom. The van der Waals surface area contributed by atoms with Gasteiger partial charge in [-0.15, -0.1) is 10.2 Å². The van der Waals surface area contributed by atoms with E-state index in [1.54, 1.807) is 0 Å². The zero-order chi connectivity index (χ0) is 15.9. The maximum atomic E-state index is 6.32. The van der Waals surface area contributed by atoms with Crippen LogP contribution in [0.4, 0.5) is 0 Å². The Kier molecular flexibility index (Phi) is 4.15. The van der Waals surface area contributed by atoms with Crippen LogP contribution >= 0.6 is 0 Å². The van der Waals surface area contributed by atoms with Crippen LogP contribution in [0.1, 0.15) is 56.6 Å². The summed E-state index contributed by atoms with van der Waals surface area (Å²) in [4.78, 5) is 2.49. The van der Waals surface area contributed by atoms with Crippen molar-refractivity contribution in [2.75, 3.05) is 26.3 Å². The van der Waals surface area contributed by atoms with Crippen molar-refractivity contribution >= 4 is 0 Å². The topological polar surface area (TPSA) is 52.4 Å². The lowest BCUT2D eigenvalue weighted by Gasteiger charge is -2.47. The van der Waals surface area contributed by atoms with Gasteiger partial charge >= 0.3 is 0 Å². The molecular weight excluding hydrogens is 292 g/mol. The first-order valence-electron chi connectivity index (χ1n) is 9.01. The molecule has 0 radical (unpaired) electrons. The van der Waals surface area contributed by atoms with E-state index in [9.17, 15) is 0 Å². The summed E-state index contributed by atoms with van der Waals surface area (Å²) in [5.74, 6) is 2.89. The Labute approximate surface area is 138 Å². The van der Waals surface area contributed by atoms with Crippen molar-refractivity contribution < 1.29 is 9.47 Å². The van der Waals surface area contributed by atoms with Gasteiger partial charge in [0.1, 0.15) is 11.6 Å². The summed E-state index contributed by atoms with van der Waals surface area (Å²) >= 11 is 0. The molecule has 3 fully saturated rings. The Bertz CT molecular complexity index is 549. The molecule has 23 heavy (non-hydrogen) atoms. The van der Waals surface area contributed by atoms with Crippen molar-refractivity contribution in [3.8, 4) is 0 Å². The molecule has 1 atom stereocenters. The summed E-state index contributed by atoms with van der Waals surface area (Å²) in [5.41, 5.74) is -0.0225. The van der Waals surface area contributed by atoms with Crippen molar-refractivity contribution in [2.24, 2.45) is 7.05 Å². The number of nitrogens with zero attached hydrogens (tertiary/aromatic N) is 4. The third-order valence-corrected chi connectivity index (χ3v) is 5.72. The summed E-state index contributed by atoms with van der Waals surface area (Å²) in [6.07, 6.45) is 6.13. The average Bonchev–Trinajstić information content (AvgIpc) is 2.79. The molecule has 4 rings (SSSR count). The third kappa shape index (κ3) is 3.04. The molecule has 1 spiro atoms. The predicted octanol–water partition coefficient (Wildman–Crippen LogP) is 1.85. The van der Waals surface area contributed by atoms with Gasteiger partial charge < -0.3 is 14.0 Å². The highest BCUT2D eigenvalue weighted by Gasteiger charge is 2.41. The zero-order valence-electron chi connectivity index (χ0n) is 14.3. The van der Waals surface area contributed by atoms with Crippen molar-refractivity contribution in [1.29, 1.82) is 0 Å². The molecule has 2 aliphatic heterocycles. The molecule has 6 nitrogen and oxygen atoms in total. The van der Waals surface area contributed by atoms with Gasteiger partial charge in [0.2, 0.25) is 0 Å². The van der Waals surface area contributed by atoms with E-state index in [1.807, 2.05) is 0 Å². The van der Waals surface area contributed by atoms with Crippen LogP contribution in [0.25, 0.3) is 0 Å². The van der Waals surface area contributed by atoms with E-state index in [0.717, 1.165) is 51.5 Å². The van der Waals surface area contributed by atoms with E-state index in [0.29, 0.717) is 5.92 Å². The fourth-order valence-corrected chi connectivity index (χ4v) is 4.21. The van der Waals surface area contributed by atoms with Crippen molar-refractivity contribution in [1.82, 2.24) is 19.7 Å². The Balaban J connectivity index is 1.46. The Morgan fingerprint density at radius 2 is 2.00 bits per heavy atom. The third-order valence-electron chi connectivity index (χ3n) is 5.72. The normalized spacial score (nSPS) is 28.9. The first-order chi connectivity index (χ1) is 11.2. The SMILES string of the molecule is CC1CN(Cc2nnc(C3CCC3)n2C)CC2(CCOCC2)O1. The van der Waals surface area contributed by atoms with Gasteiger partial charge in [-0.05, 0) is 19.8 Å². The standard InChI is InChI=1S/C17H28N4O2/c1-13-10-21(12-17(23-13)6-8-22-9-7-17)11-15-18-19-16(20(15)2)14-4-3-5-14/h13-14H,3-12H2,1-2H3. The lowest BCUT2D eigenvalue weighted by Crippen LogP contribution is -2.56. The van der Waals surface area contributed by atoms with Gasteiger partial charge in [0.15, 0.2) is 0 Å². The van der Waals surface area contributed by atoms with E-state index in [1.165, 1.54) is 25.1 Å². The molecule has 1 aromatic rings. The van der Waals surface area contributed by atoms with Gasteiger partial charge in [0.25, 0.3) is 0 Å². The van der Waals surface area contributed by atoms with E-state index in [-0.39, 0.29) is 11.7 Å². The summed E-state index contributed by atoms with van der Waals surface area (Å²) in [7, 11) is 2.12. The Morgan fingerprint density at radius 1 is 1.22 bits per heavy atom. The van der Waals surface area contributed by atoms with E-state index in [2.05, 4.69) is 33.6 Å². The minimum Gasteiger partial charge on any atom is -0.381 e. The van der Waals surface area contributed by atoms with Crippen LogP contribution in [0, 0.1) is 0 Å². The van der Waals surface area contributed by atoms with Crippen LogP contribution in [-0.2, 0) is 23.1 Å². The molecule has 0 N–H and O–H groups in total. The highest BCUT2D eigenvalue weighted by Crippen LogP contribution is 2.35. The molecule has 1 aromatic heterocycles. The van der Waals surface area contributed by atoms with Gasteiger partial charge in [-0.3, -0.25) is 4.90 Å². The second-order valence-corrected chi connectivity index (χ2v) is 7.55. The summed E-state index contributed by atoms with van der Waals surface area (Å²) in [6, 6.07) is 0. The fraction of sp³-hybridized carbons (Fsp3) is 0.882. The lowest BCUT2D eigenvalue weighted by molar-refractivity contribution is -0.185. The monoisotopic (exact) mass is 320 g/mol. The number of morpholine rings is 1. The van der Waals surface area contributed by atoms with Crippen LogP contribution in [-0.4, -0.2) is 57.7 Å². The zero-order valence-corrected chi connectivity index (χ0v) is 14.3.